The Morgan fingerprint density at radius 2 is 1.62 bits per heavy atom. The molecule has 3 rings (SSSR count). The molecule has 2 heterocycles. The Labute approximate surface area is 160 Å². The molecule has 1 aromatic carbocycles. The van der Waals surface area contributed by atoms with Crippen molar-refractivity contribution < 1.29 is 0 Å². The maximum atomic E-state index is 5.00. The van der Waals surface area contributed by atoms with Gasteiger partial charge in [0.15, 0.2) is 0 Å². The van der Waals surface area contributed by atoms with Crippen molar-refractivity contribution in [3.8, 4) is 0 Å². The largest absolute Gasteiger partial charge is 0.344 e. The number of rotatable bonds is 4. The van der Waals surface area contributed by atoms with Gasteiger partial charge in [-0.1, -0.05) is 20.8 Å². The van der Waals surface area contributed by atoms with Crippen LogP contribution >= 0.6 is 32.1 Å². The minimum Gasteiger partial charge on any atom is -0.344 e. The second-order valence-corrected chi connectivity index (χ2v) is 7.32. The highest BCUT2D eigenvalue weighted by Gasteiger charge is 2.28. The molecule has 0 unspecified atom stereocenters. The van der Waals surface area contributed by atoms with Gasteiger partial charge in [-0.2, -0.15) is 0 Å². The lowest BCUT2D eigenvalue weighted by atomic mass is 10.0. The van der Waals surface area contributed by atoms with E-state index in [1.54, 1.807) is 0 Å². The summed E-state index contributed by atoms with van der Waals surface area (Å²) in [6.45, 7) is 9.54. The lowest BCUT2D eigenvalue weighted by Crippen LogP contribution is -2.26. The number of aryl methyl sites for hydroxylation is 3. The number of fused-ring (bicyclic) bond motifs is 3. The van der Waals surface area contributed by atoms with Gasteiger partial charge in [0.05, 0.1) is 38.7 Å². The second kappa shape index (κ2) is 7.00. The molecule has 4 nitrogen and oxygen atoms in total. The summed E-state index contributed by atoms with van der Waals surface area (Å²) < 4.78 is 2.96. The first kappa shape index (κ1) is 17.7. The molecule has 0 aliphatic carbocycles. The number of hydrogen-bond acceptors (Lipinski definition) is 4. The third-order valence-corrected chi connectivity index (χ3v) is 6.24. The minimum absolute atomic E-state index is 0.896. The summed E-state index contributed by atoms with van der Waals surface area (Å²) in [4.78, 5) is 12.2. The lowest BCUT2D eigenvalue weighted by molar-refractivity contribution is 0.925. The van der Waals surface area contributed by atoms with Crippen LogP contribution < -0.4 is 8.83 Å². The fourth-order valence-electron chi connectivity index (χ4n) is 3.23. The van der Waals surface area contributed by atoms with Gasteiger partial charge in [0, 0.05) is 12.7 Å². The van der Waals surface area contributed by atoms with Gasteiger partial charge in [-0.25, -0.2) is 9.97 Å². The van der Waals surface area contributed by atoms with Crippen molar-refractivity contribution in [3.63, 3.8) is 0 Å². The van der Waals surface area contributed by atoms with Crippen molar-refractivity contribution in [1.82, 2.24) is 9.97 Å². The van der Waals surface area contributed by atoms with Gasteiger partial charge in [0.2, 0.25) is 0 Å². The Morgan fingerprint density at radius 1 is 0.958 bits per heavy atom. The predicted octanol–water partition coefficient (Wildman–Crippen LogP) is 5.47. The number of halogens is 2. The van der Waals surface area contributed by atoms with E-state index in [0.29, 0.717) is 0 Å². The number of anilines is 2. The van der Waals surface area contributed by atoms with Crippen molar-refractivity contribution in [1.29, 1.82) is 0 Å². The number of benzene rings is 1. The van der Waals surface area contributed by atoms with Gasteiger partial charge >= 0.3 is 0 Å². The molecule has 2 aromatic rings. The topological polar surface area (TPSA) is 32.3 Å². The maximum absolute atomic E-state index is 5.00. The Kier molecular flexibility index (Phi) is 5.16. The molecule has 0 fully saturated rings. The molecular formula is C18H22Br2N4. The normalized spacial score (nSPS) is 14.2. The van der Waals surface area contributed by atoms with Crippen LogP contribution in [0.4, 0.5) is 11.4 Å². The second-order valence-electron chi connectivity index (χ2n) is 5.80. The van der Waals surface area contributed by atoms with E-state index in [2.05, 4.69) is 76.9 Å². The zero-order valence-electron chi connectivity index (χ0n) is 14.5. The van der Waals surface area contributed by atoms with Crippen LogP contribution in [0.5, 0.6) is 0 Å². The summed E-state index contributed by atoms with van der Waals surface area (Å²) in [6, 6.07) is 2.20. The SMILES string of the molecule is CCc1cc2nc(CC)c(CC)nc2c2c1N(CC)C=C(Br)N2Br. The maximum Gasteiger partial charge on any atom is 0.116 e. The van der Waals surface area contributed by atoms with Gasteiger partial charge < -0.3 is 4.90 Å². The van der Waals surface area contributed by atoms with Crippen LogP contribution in [0.15, 0.2) is 16.9 Å². The Bertz CT molecular complexity index is 817. The minimum atomic E-state index is 0.896. The molecule has 1 aliphatic rings. The van der Waals surface area contributed by atoms with Gasteiger partial charge in [-0.3, -0.25) is 3.93 Å². The zero-order chi connectivity index (χ0) is 17.4. The Balaban J connectivity index is 2.41. The van der Waals surface area contributed by atoms with Crippen molar-refractivity contribution in [2.45, 2.75) is 47.0 Å². The van der Waals surface area contributed by atoms with Crippen LogP contribution in [0.25, 0.3) is 11.0 Å². The van der Waals surface area contributed by atoms with E-state index in [1.807, 2.05) is 3.93 Å². The van der Waals surface area contributed by atoms with Gasteiger partial charge in [0.25, 0.3) is 0 Å². The summed E-state index contributed by atoms with van der Waals surface area (Å²) >= 11 is 7.35. The molecule has 0 saturated heterocycles. The molecule has 1 aromatic heterocycles. The highest BCUT2D eigenvalue weighted by Crippen LogP contribution is 2.46. The average molecular weight is 454 g/mol. The summed E-state index contributed by atoms with van der Waals surface area (Å²) in [5.41, 5.74) is 7.70. The Morgan fingerprint density at radius 3 is 2.21 bits per heavy atom. The van der Waals surface area contributed by atoms with E-state index in [4.69, 9.17) is 9.97 Å². The number of hydrogen-bond donors (Lipinski definition) is 0. The van der Waals surface area contributed by atoms with Gasteiger partial charge in [0.1, 0.15) is 15.8 Å². The smallest absolute Gasteiger partial charge is 0.116 e. The molecule has 0 atom stereocenters. The quantitative estimate of drug-likeness (QED) is 0.454. The lowest BCUT2D eigenvalue weighted by Gasteiger charge is -2.34. The summed E-state index contributed by atoms with van der Waals surface area (Å²) in [6.07, 6.45) is 4.87. The molecule has 0 saturated carbocycles. The summed E-state index contributed by atoms with van der Waals surface area (Å²) in [7, 11) is 0. The first-order valence-corrected chi connectivity index (χ1v) is 10.0. The van der Waals surface area contributed by atoms with Crippen LogP contribution in [-0.2, 0) is 19.3 Å². The first-order chi connectivity index (χ1) is 11.5. The van der Waals surface area contributed by atoms with Crippen molar-refractivity contribution in [2.75, 3.05) is 15.4 Å². The predicted molar refractivity (Wildman–Crippen MR) is 109 cm³/mol. The standard InChI is InChI=1S/C18H22Br2N4/c1-5-11-9-14-16(22-13(7-3)12(6-2)21-14)18-17(11)23(8-4)10-15(19)24(18)20/h9-10H,5-8H2,1-4H3. The molecule has 128 valence electrons. The molecule has 0 spiro atoms. The van der Waals surface area contributed by atoms with Crippen LogP contribution in [-0.4, -0.2) is 16.5 Å². The van der Waals surface area contributed by atoms with Gasteiger partial charge in [-0.15, -0.1) is 0 Å². The van der Waals surface area contributed by atoms with Crippen LogP contribution in [0, 0.1) is 0 Å². The molecule has 24 heavy (non-hydrogen) atoms. The molecule has 6 heteroatoms. The average Bonchev–Trinajstić information content (AvgIpc) is 2.61. The summed E-state index contributed by atoms with van der Waals surface area (Å²) in [5, 5.41) is 0. The fourth-order valence-corrected chi connectivity index (χ4v) is 4.09. The van der Waals surface area contributed by atoms with Gasteiger partial charge in [-0.05, 0) is 53.7 Å². The number of nitrogens with zero attached hydrogens (tertiary/aromatic N) is 4. The third kappa shape index (κ3) is 2.73. The van der Waals surface area contributed by atoms with Crippen molar-refractivity contribution in [3.05, 3.63) is 33.8 Å². The first-order valence-electron chi connectivity index (χ1n) is 8.50. The molecule has 0 N–H and O–H groups in total. The van der Waals surface area contributed by atoms with E-state index in [0.717, 1.165) is 58.5 Å². The highest BCUT2D eigenvalue weighted by molar-refractivity contribution is 9.14. The van der Waals surface area contributed by atoms with Crippen molar-refractivity contribution >= 4 is 54.5 Å². The highest BCUT2D eigenvalue weighted by atomic mass is 79.9. The van der Waals surface area contributed by atoms with Crippen molar-refractivity contribution in [2.24, 2.45) is 0 Å². The fraction of sp³-hybridized carbons (Fsp3) is 0.444. The molecule has 1 aliphatic heterocycles. The van der Waals surface area contributed by atoms with E-state index in [-0.39, 0.29) is 0 Å². The van der Waals surface area contributed by atoms with E-state index >= 15 is 0 Å². The summed E-state index contributed by atoms with van der Waals surface area (Å²) in [5.74, 6) is 0. The third-order valence-electron chi connectivity index (χ3n) is 4.47. The molecular weight excluding hydrogens is 432 g/mol. The Hall–Kier alpha value is -1.14. The monoisotopic (exact) mass is 452 g/mol. The van der Waals surface area contributed by atoms with Crippen LogP contribution in [0.1, 0.15) is 44.6 Å². The van der Waals surface area contributed by atoms with Crippen LogP contribution in [0.2, 0.25) is 0 Å². The molecule has 0 bridgehead atoms. The zero-order valence-corrected chi connectivity index (χ0v) is 17.7. The van der Waals surface area contributed by atoms with E-state index < -0.39 is 0 Å². The molecule has 0 radical (unpaired) electrons. The molecule has 0 amide bonds. The van der Waals surface area contributed by atoms with Crippen LogP contribution in [0.3, 0.4) is 0 Å². The number of aromatic nitrogens is 2. The van der Waals surface area contributed by atoms with E-state index in [9.17, 15) is 0 Å². The van der Waals surface area contributed by atoms with E-state index in [1.165, 1.54) is 11.3 Å².